The molecule has 30 heavy (non-hydrogen) atoms. The molecule has 2 amide bonds. The van der Waals surface area contributed by atoms with Crippen LogP contribution >= 0.6 is 0 Å². The predicted molar refractivity (Wildman–Crippen MR) is 117 cm³/mol. The molecule has 1 aromatic heterocycles. The van der Waals surface area contributed by atoms with E-state index in [9.17, 15) is 9.59 Å². The number of rotatable bonds is 5. The molecule has 3 aromatic carbocycles. The van der Waals surface area contributed by atoms with Crippen LogP contribution in [0, 0.1) is 0 Å². The lowest BCUT2D eigenvalue weighted by Crippen LogP contribution is -2.14. The minimum Gasteiger partial charge on any atom is -0.494 e. The van der Waals surface area contributed by atoms with Gasteiger partial charge < -0.3 is 15.4 Å². The number of carbonyl (C=O) groups excluding carboxylic acids is 2. The normalized spacial score (nSPS) is 10.4. The van der Waals surface area contributed by atoms with Gasteiger partial charge in [-0.1, -0.05) is 30.3 Å². The fourth-order valence-electron chi connectivity index (χ4n) is 3.10. The van der Waals surface area contributed by atoms with Gasteiger partial charge in [0.05, 0.1) is 18.4 Å². The monoisotopic (exact) mass is 397 g/mol. The van der Waals surface area contributed by atoms with Gasteiger partial charge in [0, 0.05) is 29.7 Å². The van der Waals surface area contributed by atoms with E-state index in [2.05, 4.69) is 15.6 Å². The van der Waals surface area contributed by atoms with Crippen molar-refractivity contribution >= 4 is 34.0 Å². The van der Waals surface area contributed by atoms with Crippen molar-refractivity contribution in [2.45, 2.75) is 0 Å². The zero-order valence-electron chi connectivity index (χ0n) is 16.3. The molecule has 148 valence electrons. The number of nitrogens with zero attached hydrogens (tertiary/aromatic N) is 1. The fourth-order valence-corrected chi connectivity index (χ4v) is 3.10. The van der Waals surface area contributed by atoms with E-state index in [1.54, 1.807) is 42.6 Å². The van der Waals surface area contributed by atoms with Gasteiger partial charge in [-0.15, -0.1) is 0 Å². The van der Waals surface area contributed by atoms with Crippen LogP contribution in [0.1, 0.15) is 20.7 Å². The van der Waals surface area contributed by atoms with Crippen LogP contribution in [0.2, 0.25) is 0 Å². The summed E-state index contributed by atoms with van der Waals surface area (Å²) in [6.07, 6.45) is 3.09. The molecule has 0 aliphatic rings. The molecule has 0 aliphatic heterocycles. The maximum atomic E-state index is 12.7. The molecule has 0 saturated heterocycles. The first-order chi connectivity index (χ1) is 14.6. The summed E-state index contributed by atoms with van der Waals surface area (Å²) in [4.78, 5) is 29.0. The number of anilines is 2. The number of methoxy groups -OCH3 is 1. The maximum Gasteiger partial charge on any atom is 0.257 e. The third-order valence-electron chi connectivity index (χ3n) is 4.64. The Morgan fingerprint density at radius 1 is 0.800 bits per heavy atom. The second-order valence-corrected chi connectivity index (χ2v) is 6.63. The van der Waals surface area contributed by atoms with Gasteiger partial charge in [0.15, 0.2) is 0 Å². The number of pyridine rings is 1. The molecular formula is C24H19N3O3. The maximum absolute atomic E-state index is 12.7. The molecule has 0 aliphatic carbocycles. The topological polar surface area (TPSA) is 80.3 Å². The molecule has 0 fully saturated rings. The van der Waals surface area contributed by atoms with Crippen molar-refractivity contribution in [3.05, 3.63) is 96.3 Å². The number of aromatic nitrogens is 1. The first-order valence-electron chi connectivity index (χ1n) is 9.33. The molecule has 6 heteroatoms. The summed E-state index contributed by atoms with van der Waals surface area (Å²) < 4.78 is 5.39. The SMILES string of the molecule is COc1cc(NC(=O)c2ccc3ccccc3c2)ccc1NC(=O)c1cccnc1. The van der Waals surface area contributed by atoms with Crippen molar-refractivity contribution in [1.29, 1.82) is 0 Å². The predicted octanol–water partition coefficient (Wildman–Crippen LogP) is 4.75. The van der Waals surface area contributed by atoms with Crippen LogP contribution in [0.5, 0.6) is 5.75 Å². The molecule has 0 unspecified atom stereocenters. The van der Waals surface area contributed by atoms with Crippen LogP contribution < -0.4 is 15.4 Å². The molecule has 0 saturated carbocycles. The van der Waals surface area contributed by atoms with Gasteiger partial charge in [0.1, 0.15) is 5.75 Å². The molecule has 4 aromatic rings. The second-order valence-electron chi connectivity index (χ2n) is 6.63. The first kappa shape index (κ1) is 19.1. The van der Waals surface area contributed by atoms with Crippen molar-refractivity contribution < 1.29 is 14.3 Å². The summed E-state index contributed by atoms with van der Waals surface area (Å²) >= 11 is 0. The number of hydrogen-bond donors (Lipinski definition) is 2. The number of ether oxygens (including phenoxy) is 1. The Hall–Kier alpha value is -4.19. The van der Waals surface area contributed by atoms with E-state index in [-0.39, 0.29) is 11.8 Å². The van der Waals surface area contributed by atoms with Gasteiger partial charge in [-0.25, -0.2) is 0 Å². The Kier molecular flexibility index (Phi) is 5.39. The van der Waals surface area contributed by atoms with E-state index in [4.69, 9.17) is 4.74 Å². The molecule has 0 radical (unpaired) electrons. The minimum atomic E-state index is -0.297. The average molecular weight is 397 g/mol. The summed E-state index contributed by atoms with van der Waals surface area (Å²) in [5.74, 6) is -0.0900. The van der Waals surface area contributed by atoms with Gasteiger partial charge in [0.2, 0.25) is 0 Å². The lowest BCUT2D eigenvalue weighted by atomic mass is 10.1. The van der Waals surface area contributed by atoms with Crippen molar-refractivity contribution in [3.8, 4) is 5.75 Å². The molecule has 2 N–H and O–H groups in total. The van der Waals surface area contributed by atoms with Crippen LogP contribution in [-0.2, 0) is 0 Å². The summed E-state index contributed by atoms with van der Waals surface area (Å²) in [7, 11) is 1.50. The lowest BCUT2D eigenvalue weighted by molar-refractivity contribution is 0.101. The molecule has 6 nitrogen and oxygen atoms in total. The summed E-state index contributed by atoms with van der Waals surface area (Å²) in [6, 6.07) is 21.8. The number of fused-ring (bicyclic) bond motifs is 1. The quantitative estimate of drug-likeness (QED) is 0.509. The van der Waals surface area contributed by atoms with Crippen molar-refractivity contribution in [3.63, 3.8) is 0 Å². The second kappa shape index (κ2) is 8.45. The number of nitrogens with one attached hydrogen (secondary N) is 2. The largest absolute Gasteiger partial charge is 0.494 e. The Labute approximate surface area is 173 Å². The van der Waals surface area contributed by atoms with Gasteiger partial charge in [0.25, 0.3) is 11.8 Å². The van der Waals surface area contributed by atoms with E-state index in [0.717, 1.165) is 10.8 Å². The van der Waals surface area contributed by atoms with Crippen LogP contribution in [0.4, 0.5) is 11.4 Å². The molecular weight excluding hydrogens is 378 g/mol. The number of benzene rings is 3. The summed E-state index contributed by atoms with van der Waals surface area (Å²) in [6.45, 7) is 0. The van der Waals surface area contributed by atoms with Crippen LogP contribution in [-0.4, -0.2) is 23.9 Å². The third-order valence-corrected chi connectivity index (χ3v) is 4.64. The van der Waals surface area contributed by atoms with Crippen LogP contribution in [0.15, 0.2) is 85.2 Å². The average Bonchev–Trinajstić information content (AvgIpc) is 2.80. The van der Waals surface area contributed by atoms with Crippen molar-refractivity contribution in [2.75, 3.05) is 17.7 Å². The van der Waals surface area contributed by atoms with E-state index in [1.807, 2.05) is 36.4 Å². The van der Waals surface area contributed by atoms with Gasteiger partial charge in [-0.2, -0.15) is 0 Å². The Bertz CT molecular complexity index is 1220. The van der Waals surface area contributed by atoms with Crippen molar-refractivity contribution in [1.82, 2.24) is 4.98 Å². The Morgan fingerprint density at radius 3 is 2.37 bits per heavy atom. The highest BCUT2D eigenvalue weighted by Gasteiger charge is 2.12. The number of hydrogen-bond acceptors (Lipinski definition) is 4. The van der Waals surface area contributed by atoms with E-state index >= 15 is 0 Å². The molecule has 0 spiro atoms. The van der Waals surface area contributed by atoms with E-state index in [0.29, 0.717) is 28.3 Å². The summed E-state index contributed by atoms with van der Waals surface area (Å²) in [5, 5.41) is 7.73. The fraction of sp³-hybridized carbons (Fsp3) is 0.0417. The molecule has 4 rings (SSSR count). The Balaban J connectivity index is 1.51. The highest BCUT2D eigenvalue weighted by molar-refractivity contribution is 6.07. The highest BCUT2D eigenvalue weighted by atomic mass is 16.5. The Morgan fingerprint density at radius 2 is 1.60 bits per heavy atom. The smallest absolute Gasteiger partial charge is 0.257 e. The number of amides is 2. The lowest BCUT2D eigenvalue weighted by Gasteiger charge is -2.13. The van der Waals surface area contributed by atoms with E-state index in [1.165, 1.54) is 13.3 Å². The van der Waals surface area contributed by atoms with Crippen LogP contribution in [0.3, 0.4) is 0 Å². The molecule has 0 atom stereocenters. The zero-order chi connectivity index (χ0) is 20.9. The zero-order valence-corrected chi connectivity index (χ0v) is 16.3. The molecule has 1 heterocycles. The standard InChI is InChI=1S/C24H19N3O3/c1-30-22-14-20(10-11-21(22)27-24(29)19-7-4-12-25-15-19)26-23(28)18-9-8-16-5-2-3-6-17(16)13-18/h2-15H,1H3,(H,26,28)(H,27,29). The first-order valence-corrected chi connectivity index (χ1v) is 9.33. The minimum absolute atomic E-state index is 0.227. The van der Waals surface area contributed by atoms with Gasteiger partial charge in [-0.05, 0) is 47.2 Å². The summed E-state index contributed by atoms with van der Waals surface area (Å²) in [5.41, 5.74) is 2.05. The number of carbonyl (C=O) groups is 2. The highest BCUT2D eigenvalue weighted by Crippen LogP contribution is 2.29. The molecule has 0 bridgehead atoms. The van der Waals surface area contributed by atoms with Gasteiger partial charge in [-0.3, -0.25) is 14.6 Å². The van der Waals surface area contributed by atoms with Crippen molar-refractivity contribution in [2.24, 2.45) is 0 Å². The third kappa shape index (κ3) is 4.12. The van der Waals surface area contributed by atoms with Gasteiger partial charge >= 0.3 is 0 Å². The van der Waals surface area contributed by atoms with E-state index < -0.39 is 0 Å². The van der Waals surface area contributed by atoms with Crippen LogP contribution in [0.25, 0.3) is 10.8 Å².